The van der Waals surface area contributed by atoms with E-state index in [1.165, 1.54) is 42.5 Å². The minimum Gasteiger partial charge on any atom is -0.360 e. The van der Waals surface area contributed by atoms with Crippen LogP contribution in [0, 0.1) is 10.1 Å². The third-order valence-corrected chi connectivity index (χ3v) is 8.37. The maximum Gasteiger partial charge on any atom is 0.466 e. The van der Waals surface area contributed by atoms with E-state index in [2.05, 4.69) is 8.95 Å². The van der Waals surface area contributed by atoms with Gasteiger partial charge in [-0.1, -0.05) is 52.2 Å². The van der Waals surface area contributed by atoms with Gasteiger partial charge in [-0.2, -0.15) is 16.8 Å². The number of nitro benzene ring substituents is 1. The van der Waals surface area contributed by atoms with Crippen LogP contribution in [0.3, 0.4) is 0 Å². The Labute approximate surface area is 289 Å². The number of benzene rings is 5. The maximum absolute atomic E-state index is 13.3. The number of anilines is 1. The summed E-state index contributed by atoms with van der Waals surface area (Å²) in [4.78, 5) is 23.7. The Morgan fingerprint density at radius 3 is 1.77 bits per heavy atom. The molecule has 208 valence electrons. The molecule has 0 fully saturated rings. The largest absolute Gasteiger partial charge is 0.466 e. The number of hydrogen-bond donors (Lipinski definition) is 1. The van der Waals surface area contributed by atoms with E-state index in [4.69, 9.17) is 8.37 Å². The molecule has 43 heavy (non-hydrogen) atoms. The summed E-state index contributed by atoms with van der Waals surface area (Å²) in [6.07, 6.45) is 0. The van der Waals surface area contributed by atoms with E-state index in [0.717, 1.165) is 5.56 Å². The van der Waals surface area contributed by atoms with Gasteiger partial charge in [-0.05, 0) is 41.5 Å². The molecule has 0 saturated heterocycles. The molecule has 0 unspecified atom stereocenters. The van der Waals surface area contributed by atoms with Crippen LogP contribution in [-0.2, 0) is 24.4 Å². The standard InChI is InChI=1S/C27H16N2O10S2.2Na/c30-27(18-10-8-16(9-11-18)17-12-14-19(15-13-17)29(31)32)28-23-7-3-6-22-24(23)26-21-5-2-1-4-20(21)25(22)37-40(33,34)39-41(35,36)38-26;;/h1-15H,(H,28,30);;. The molecule has 0 aliphatic carbocycles. The van der Waals surface area contributed by atoms with Crippen LogP contribution in [0.25, 0.3) is 32.7 Å². The van der Waals surface area contributed by atoms with Crippen LogP contribution in [0.1, 0.15) is 10.4 Å². The predicted molar refractivity (Wildman–Crippen MR) is 160 cm³/mol. The van der Waals surface area contributed by atoms with E-state index in [1.54, 1.807) is 48.5 Å². The summed E-state index contributed by atoms with van der Waals surface area (Å²) in [7, 11) is -10.2. The van der Waals surface area contributed by atoms with Crippen molar-refractivity contribution < 1.29 is 38.5 Å². The van der Waals surface area contributed by atoms with Gasteiger partial charge in [-0.15, -0.1) is 0 Å². The van der Waals surface area contributed by atoms with Crippen molar-refractivity contribution in [2.75, 3.05) is 5.32 Å². The predicted octanol–water partition coefficient (Wildman–Crippen LogP) is 4.34. The molecule has 12 nitrogen and oxygen atoms in total. The Balaban J connectivity index is 0.00000212. The van der Waals surface area contributed by atoms with E-state index in [1.807, 2.05) is 0 Å². The number of nitrogens with zero attached hydrogens (tertiary/aromatic N) is 1. The van der Waals surface area contributed by atoms with Gasteiger partial charge in [0.2, 0.25) is 0 Å². The number of nitro groups is 1. The van der Waals surface area contributed by atoms with Gasteiger partial charge in [0, 0.05) is 93.0 Å². The molecule has 1 aliphatic rings. The number of amides is 1. The summed E-state index contributed by atoms with van der Waals surface area (Å²) in [6, 6.07) is 23.2. The Morgan fingerprint density at radius 2 is 1.19 bits per heavy atom. The Hall–Kier alpha value is -3.05. The summed E-state index contributed by atoms with van der Waals surface area (Å²) >= 11 is 0. The van der Waals surface area contributed by atoms with Crippen LogP contribution in [0.5, 0.6) is 11.5 Å². The van der Waals surface area contributed by atoms with Gasteiger partial charge in [0.1, 0.15) is 0 Å². The van der Waals surface area contributed by atoms with Crippen LogP contribution >= 0.6 is 0 Å². The number of nitrogens with one attached hydrogen (secondary N) is 1. The Morgan fingerprint density at radius 1 is 0.674 bits per heavy atom. The summed E-state index contributed by atoms with van der Waals surface area (Å²) in [5, 5.41) is 14.3. The molecule has 0 atom stereocenters. The molecule has 1 amide bonds. The minimum absolute atomic E-state index is 0. The number of non-ortho nitro benzene ring substituents is 1. The van der Waals surface area contributed by atoms with Crippen molar-refractivity contribution in [3.63, 3.8) is 0 Å². The molecular weight excluding hydrogens is 622 g/mol. The monoisotopic (exact) mass is 638 g/mol. The third kappa shape index (κ3) is 6.57. The smallest absolute Gasteiger partial charge is 0.360 e. The van der Waals surface area contributed by atoms with Gasteiger partial charge in [0.05, 0.1) is 16.0 Å². The summed E-state index contributed by atoms with van der Waals surface area (Å²) in [6.45, 7) is 0. The van der Waals surface area contributed by atoms with Crippen molar-refractivity contribution in [3.8, 4) is 22.6 Å². The van der Waals surface area contributed by atoms with Gasteiger partial charge in [-0.25, -0.2) is 0 Å². The molecule has 1 N–H and O–H groups in total. The topological polar surface area (TPSA) is 168 Å². The average molecular weight is 639 g/mol. The van der Waals surface area contributed by atoms with E-state index in [0.29, 0.717) is 5.56 Å². The molecular formula is C27H16N2Na2O10S2. The van der Waals surface area contributed by atoms with Gasteiger partial charge < -0.3 is 13.7 Å². The van der Waals surface area contributed by atoms with Crippen molar-refractivity contribution in [1.29, 1.82) is 0 Å². The van der Waals surface area contributed by atoms with Crippen LogP contribution < -0.4 is 13.7 Å². The zero-order chi connectivity index (χ0) is 28.9. The van der Waals surface area contributed by atoms with Crippen LogP contribution in [-0.4, -0.2) is 86.8 Å². The molecule has 5 aromatic carbocycles. The van der Waals surface area contributed by atoms with E-state index in [9.17, 15) is 31.7 Å². The molecule has 1 heterocycles. The second-order valence-corrected chi connectivity index (χ2v) is 11.3. The summed E-state index contributed by atoms with van der Waals surface area (Å²) < 4.78 is 64.2. The van der Waals surface area contributed by atoms with Crippen molar-refractivity contribution in [2.24, 2.45) is 0 Å². The molecule has 1 aliphatic heterocycles. The second-order valence-electron chi connectivity index (χ2n) is 8.82. The number of carbonyl (C=O) groups excluding carboxylic acids is 1. The zero-order valence-electron chi connectivity index (χ0n) is 22.5. The van der Waals surface area contributed by atoms with Crippen molar-refractivity contribution in [1.82, 2.24) is 0 Å². The summed E-state index contributed by atoms with van der Waals surface area (Å²) in [5.41, 5.74) is 1.75. The number of fused-ring (bicyclic) bond motifs is 3. The average Bonchev–Trinajstić information content (AvgIpc) is 2.99. The van der Waals surface area contributed by atoms with Crippen molar-refractivity contribution in [3.05, 3.63) is 107 Å². The SMILES string of the molecule is O=C(Nc1cccc2c3c4ccccc4c(c12)OS(=O)(=O)OS(=O)(=O)O3)c1ccc(-c2ccc([N+](=O)[O-])cc2)cc1.[Na].[Na]. The fourth-order valence-electron chi connectivity index (χ4n) is 4.54. The van der Waals surface area contributed by atoms with Crippen LogP contribution in [0.15, 0.2) is 91.0 Å². The molecule has 5 aromatic rings. The van der Waals surface area contributed by atoms with Gasteiger partial charge >= 0.3 is 20.8 Å². The first-order valence-corrected chi connectivity index (χ1v) is 14.4. The molecule has 0 saturated carbocycles. The minimum atomic E-state index is -5.14. The molecule has 16 heteroatoms. The van der Waals surface area contributed by atoms with E-state index in [-0.39, 0.29) is 109 Å². The molecule has 2 radical (unpaired) electrons. The number of rotatable bonds is 4. The molecule has 0 spiro atoms. The molecule has 6 rings (SSSR count). The van der Waals surface area contributed by atoms with Crippen LogP contribution in [0.2, 0.25) is 0 Å². The van der Waals surface area contributed by atoms with Crippen LogP contribution in [0.4, 0.5) is 11.4 Å². The normalized spacial score (nSPS) is 14.5. The van der Waals surface area contributed by atoms with E-state index < -0.39 is 31.6 Å². The number of hydrogen-bond acceptors (Lipinski definition) is 10. The van der Waals surface area contributed by atoms with Gasteiger partial charge in [-0.3, -0.25) is 14.9 Å². The quantitative estimate of drug-likeness (QED) is 0.129. The zero-order valence-corrected chi connectivity index (χ0v) is 28.1. The first-order chi connectivity index (χ1) is 19.5. The molecule has 2 bridgehead atoms. The first kappa shape index (κ1) is 32.9. The maximum atomic E-state index is 13.3. The van der Waals surface area contributed by atoms with Gasteiger partial charge in [0.15, 0.2) is 11.5 Å². The van der Waals surface area contributed by atoms with Gasteiger partial charge in [0.25, 0.3) is 11.6 Å². The Kier molecular flexibility index (Phi) is 9.56. The van der Waals surface area contributed by atoms with E-state index >= 15 is 0 Å². The second kappa shape index (κ2) is 12.5. The summed E-state index contributed by atoms with van der Waals surface area (Å²) in [5.74, 6) is -1.02. The Bertz CT molecular complexity index is 2120. The fraction of sp³-hybridized carbons (Fsp3) is 0. The van der Waals surface area contributed by atoms with Crippen molar-refractivity contribution in [2.45, 2.75) is 0 Å². The third-order valence-electron chi connectivity index (χ3n) is 6.30. The molecule has 0 aromatic heterocycles. The fourth-order valence-corrected chi connectivity index (χ4v) is 6.34. The number of carbonyl (C=O) groups is 1. The first-order valence-electron chi connectivity index (χ1n) is 11.7. The van der Waals surface area contributed by atoms with Crippen molar-refractivity contribution >= 4 is 119 Å².